The number of nitrogens with zero attached hydrogens (tertiary/aromatic N) is 4. The quantitative estimate of drug-likeness (QED) is 0.609. The number of carbonyl (C=O) groups is 1. The van der Waals surface area contributed by atoms with E-state index in [4.69, 9.17) is 4.74 Å². The first-order valence-electron chi connectivity index (χ1n) is 7.86. The Morgan fingerprint density at radius 3 is 2.69 bits per heavy atom. The molecule has 136 valence electrons. The second kappa shape index (κ2) is 6.87. The molecular formula is C17H18N4O5. The number of esters is 1. The van der Waals surface area contributed by atoms with Gasteiger partial charge in [0, 0.05) is 14.1 Å². The van der Waals surface area contributed by atoms with Crippen molar-refractivity contribution < 1.29 is 14.3 Å². The first kappa shape index (κ1) is 17.5. The van der Waals surface area contributed by atoms with E-state index >= 15 is 0 Å². The van der Waals surface area contributed by atoms with E-state index < -0.39 is 17.2 Å². The van der Waals surface area contributed by atoms with Crippen LogP contribution >= 0.6 is 0 Å². The number of benzene rings is 1. The zero-order valence-electron chi connectivity index (χ0n) is 14.6. The van der Waals surface area contributed by atoms with E-state index in [1.54, 1.807) is 35.9 Å². The summed E-state index contributed by atoms with van der Waals surface area (Å²) < 4.78 is 14.3. The number of hydrogen-bond donors (Lipinski definition) is 0. The van der Waals surface area contributed by atoms with Gasteiger partial charge in [0.1, 0.15) is 12.4 Å². The predicted molar refractivity (Wildman–Crippen MR) is 93.5 cm³/mol. The lowest BCUT2D eigenvalue weighted by molar-refractivity contribution is 0.0600. The normalized spacial score (nSPS) is 10.9. The second-order valence-electron chi connectivity index (χ2n) is 5.68. The average Bonchev–Trinajstić information content (AvgIpc) is 3.08. The number of imidazole rings is 1. The van der Waals surface area contributed by atoms with Crippen LogP contribution < -0.4 is 16.0 Å². The molecule has 0 fully saturated rings. The summed E-state index contributed by atoms with van der Waals surface area (Å²) in [6.45, 7) is 0.606. The van der Waals surface area contributed by atoms with Crippen LogP contribution in [-0.2, 0) is 25.4 Å². The minimum absolute atomic E-state index is 0.252. The van der Waals surface area contributed by atoms with Gasteiger partial charge in [-0.15, -0.1) is 0 Å². The Morgan fingerprint density at radius 2 is 1.96 bits per heavy atom. The maximum absolute atomic E-state index is 12.4. The van der Waals surface area contributed by atoms with Crippen LogP contribution in [0.1, 0.15) is 10.4 Å². The van der Waals surface area contributed by atoms with E-state index in [1.807, 2.05) is 0 Å². The molecule has 0 aliphatic carbocycles. The minimum atomic E-state index is -0.444. The molecule has 1 aromatic carbocycles. The van der Waals surface area contributed by atoms with E-state index in [2.05, 4.69) is 9.72 Å². The number of rotatable bonds is 5. The van der Waals surface area contributed by atoms with Crippen molar-refractivity contribution in [1.29, 1.82) is 0 Å². The molecule has 0 aliphatic rings. The second-order valence-corrected chi connectivity index (χ2v) is 5.68. The lowest BCUT2D eigenvalue weighted by Gasteiger charge is -2.09. The molecule has 0 unspecified atom stereocenters. The van der Waals surface area contributed by atoms with Gasteiger partial charge in [0.25, 0.3) is 5.56 Å². The number of carbonyl (C=O) groups excluding carboxylic acids is 1. The van der Waals surface area contributed by atoms with Gasteiger partial charge in [-0.05, 0) is 18.2 Å². The summed E-state index contributed by atoms with van der Waals surface area (Å²) in [4.78, 5) is 40.0. The van der Waals surface area contributed by atoms with Crippen LogP contribution in [0.15, 0.2) is 40.2 Å². The highest BCUT2D eigenvalue weighted by molar-refractivity contribution is 5.89. The van der Waals surface area contributed by atoms with Crippen molar-refractivity contribution in [2.24, 2.45) is 14.1 Å². The van der Waals surface area contributed by atoms with Gasteiger partial charge in [0.2, 0.25) is 0 Å². The van der Waals surface area contributed by atoms with Crippen molar-refractivity contribution in [3.8, 4) is 5.75 Å². The van der Waals surface area contributed by atoms with Gasteiger partial charge in [0.15, 0.2) is 11.2 Å². The summed E-state index contributed by atoms with van der Waals surface area (Å²) in [6, 6.07) is 6.63. The fourth-order valence-electron chi connectivity index (χ4n) is 2.66. The molecule has 0 aliphatic heterocycles. The molecule has 3 rings (SSSR count). The Balaban J connectivity index is 1.80. The fourth-order valence-corrected chi connectivity index (χ4v) is 2.66. The summed E-state index contributed by atoms with van der Waals surface area (Å²) in [5.74, 6) is 0.0677. The van der Waals surface area contributed by atoms with Crippen molar-refractivity contribution in [1.82, 2.24) is 18.7 Å². The predicted octanol–water partition coefficient (Wildman–Crippen LogP) is 0.299. The maximum Gasteiger partial charge on any atom is 0.337 e. The number of methoxy groups -OCH3 is 1. The van der Waals surface area contributed by atoms with E-state index in [0.717, 1.165) is 4.57 Å². The number of ether oxygens (including phenoxy) is 2. The zero-order chi connectivity index (χ0) is 18.8. The van der Waals surface area contributed by atoms with Gasteiger partial charge in [-0.25, -0.2) is 14.6 Å². The highest BCUT2D eigenvalue weighted by atomic mass is 16.5. The molecule has 0 radical (unpaired) electrons. The fraction of sp³-hybridized carbons (Fsp3) is 0.294. The SMILES string of the molecule is COC(=O)c1cccc(OCCn2cnc3c2c(=O)n(C)c(=O)n3C)c1. The third-order valence-corrected chi connectivity index (χ3v) is 4.07. The van der Waals surface area contributed by atoms with Gasteiger partial charge >= 0.3 is 11.7 Å². The van der Waals surface area contributed by atoms with Crippen LogP contribution in [0.25, 0.3) is 11.2 Å². The Hall–Kier alpha value is -3.36. The number of fused-ring (bicyclic) bond motifs is 1. The highest BCUT2D eigenvalue weighted by Crippen LogP contribution is 2.14. The van der Waals surface area contributed by atoms with E-state index in [-0.39, 0.29) is 6.61 Å². The summed E-state index contributed by atoms with van der Waals surface area (Å²) in [5.41, 5.74) is 0.214. The molecule has 0 N–H and O–H groups in total. The monoisotopic (exact) mass is 358 g/mol. The Labute approximate surface area is 148 Å². The molecule has 9 heteroatoms. The highest BCUT2D eigenvalue weighted by Gasteiger charge is 2.14. The smallest absolute Gasteiger partial charge is 0.337 e. The standard InChI is InChI=1S/C17H18N4O5/c1-19-14-13(15(22)20(2)17(19)24)21(10-18-14)7-8-26-12-6-4-5-11(9-12)16(23)25-3/h4-6,9-10H,7-8H2,1-3H3. The lowest BCUT2D eigenvalue weighted by atomic mass is 10.2. The minimum Gasteiger partial charge on any atom is -0.492 e. The molecule has 0 saturated heterocycles. The van der Waals surface area contributed by atoms with E-state index in [1.165, 1.54) is 25.1 Å². The zero-order valence-corrected chi connectivity index (χ0v) is 14.6. The molecular weight excluding hydrogens is 340 g/mol. The third-order valence-electron chi connectivity index (χ3n) is 4.07. The molecule has 0 amide bonds. The van der Waals surface area contributed by atoms with Crippen LogP contribution in [0.4, 0.5) is 0 Å². The molecule has 2 heterocycles. The number of hydrogen-bond acceptors (Lipinski definition) is 6. The Kier molecular flexibility index (Phi) is 4.61. The largest absolute Gasteiger partial charge is 0.492 e. The van der Waals surface area contributed by atoms with E-state index in [0.29, 0.717) is 29.0 Å². The average molecular weight is 358 g/mol. The number of aryl methyl sites for hydroxylation is 1. The molecule has 0 spiro atoms. The Morgan fingerprint density at radius 1 is 1.19 bits per heavy atom. The summed E-state index contributed by atoms with van der Waals surface area (Å²) in [6.07, 6.45) is 1.50. The maximum atomic E-state index is 12.4. The van der Waals surface area contributed by atoms with Crippen molar-refractivity contribution in [3.05, 3.63) is 57.0 Å². The van der Waals surface area contributed by atoms with Crippen LogP contribution in [0.5, 0.6) is 5.75 Å². The van der Waals surface area contributed by atoms with Crippen LogP contribution in [0.3, 0.4) is 0 Å². The molecule has 9 nitrogen and oxygen atoms in total. The van der Waals surface area contributed by atoms with Gasteiger partial charge in [-0.3, -0.25) is 13.9 Å². The van der Waals surface area contributed by atoms with E-state index in [9.17, 15) is 14.4 Å². The van der Waals surface area contributed by atoms with Gasteiger partial charge in [0.05, 0.1) is 25.5 Å². The van der Waals surface area contributed by atoms with Crippen molar-refractivity contribution in [2.75, 3.05) is 13.7 Å². The summed E-state index contributed by atoms with van der Waals surface area (Å²) in [7, 11) is 4.31. The number of aromatic nitrogens is 4. The molecule has 0 saturated carbocycles. The summed E-state index contributed by atoms with van der Waals surface area (Å²) >= 11 is 0. The van der Waals surface area contributed by atoms with Gasteiger partial charge in [-0.1, -0.05) is 6.07 Å². The molecule has 0 bridgehead atoms. The topological polar surface area (TPSA) is 97.3 Å². The van der Waals surface area contributed by atoms with Crippen LogP contribution in [0.2, 0.25) is 0 Å². The van der Waals surface area contributed by atoms with Gasteiger partial charge < -0.3 is 14.0 Å². The third kappa shape index (κ3) is 2.99. The first-order valence-corrected chi connectivity index (χ1v) is 7.86. The van der Waals surface area contributed by atoms with Crippen molar-refractivity contribution >= 4 is 17.1 Å². The van der Waals surface area contributed by atoms with Crippen molar-refractivity contribution in [2.45, 2.75) is 6.54 Å². The molecule has 3 aromatic rings. The molecule has 0 atom stereocenters. The van der Waals surface area contributed by atoms with Crippen LogP contribution in [-0.4, -0.2) is 38.4 Å². The Bertz CT molecular complexity index is 1090. The van der Waals surface area contributed by atoms with Gasteiger partial charge in [-0.2, -0.15) is 0 Å². The summed E-state index contributed by atoms with van der Waals surface area (Å²) in [5, 5.41) is 0. The molecule has 26 heavy (non-hydrogen) atoms. The van der Waals surface area contributed by atoms with Crippen LogP contribution in [0, 0.1) is 0 Å². The lowest BCUT2D eigenvalue weighted by Crippen LogP contribution is -2.37. The molecule has 2 aromatic heterocycles. The first-order chi connectivity index (χ1) is 12.4. The van der Waals surface area contributed by atoms with Crippen molar-refractivity contribution in [3.63, 3.8) is 0 Å².